The van der Waals surface area contributed by atoms with Gasteiger partial charge in [0.15, 0.2) is 0 Å². The van der Waals surface area contributed by atoms with Crippen LogP contribution < -0.4 is 10.6 Å². The number of benzene rings is 2. The zero-order valence-corrected chi connectivity index (χ0v) is 19.3. The fourth-order valence-electron chi connectivity index (χ4n) is 6.86. The molecule has 172 valence electrons. The molecular formula is C29H34N2O2. The van der Waals surface area contributed by atoms with E-state index < -0.39 is 0 Å². The molecule has 0 aromatic heterocycles. The number of carbonyl (C=O) groups excluding carboxylic acids is 2. The summed E-state index contributed by atoms with van der Waals surface area (Å²) in [6.45, 7) is 0. The highest BCUT2D eigenvalue weighted by molar-refractivity contribution is 5.95. The third-order valence-corrected chi connectivity index (χ3v) is 8.77. The van der Waals surface area contributed by atoms with Crippen molar-refractivity contribution >= 4 is 23.2 Å². The second-order valence-corrected chi connectivity index (χ2v) is 10.8. The van der Waals surface area contributed by atoms with Crippen molar-refractivity contribution in [1.29, 1.82) is 0 Å². The Balaban J connectivity index is 1.00. The molecule has 2 aromatic rings. The molecule has 33 heavy (non-hydrogen) atoms. The first-order chi connectivity index (χ1) is 16.2. The lowest BCUT2D eigenvalue weighted by Crippen LogP contribution is -2.15. The molecule has 4 aliphatic carbocycles. The molecule has 0 heterocycles. The van der Waals surface area contributed by atoms with Crippen LogP contribution in [0.1, 0.15) is 62.5 Å². The Morgan fingerprint density at radius 3 is 1.24 bits per heavy atom. The molecule has 2 N–H and O–H groups in total. The quantitative estimate of drug-likeness (QED) is 0.574. The Morgan fingerprint density at radius 1 is 0.576 bits per heavy atom. The molecule has 2 amide bonds. The molecular weight excluding hydrogens is 408 g/mol. The predicted molar refractivity (Wildman–Crippen MR) is 131 cm³/mol. The molecule has 4 aliphatic rings. The number of rotatable bonds is 6. The average molecular weight is 443 g/mol. The Morgan fingerprint density at radius 2 is 0.909 bits per heavy atom. The molecule has 4 heteroatoms. The van der Waals surface area contributed by atoms with E-state index in [0.717, 1.165) is 17.8 Å². The minimum Gasteiger partial charge on any atom is -0.326 e. The lowest BCUT2D eigenvalue weighted by Gasteiger charge is -2.08. The SMILES string of the molecule is O=C(Nc1ccc(Cc2ccc(NC(=O)C3[C@@H]4CCCC[C@@H]34)cc2)cc1)C1[C@H]2CCCC[C@@H]12. The summed E-state index contributed by atoms with van der Waals surface area (Å²) in [5.74, 6) is 3.47. The maximum absolute atomic E-state index is 12.6. The van der Waals surface area contributed by atoms with Gasteiger partial charge < -0.3 is 10.6 Å². The number of hydrogen-bond acceptors (Lipinski definition) is 2. The lowest BCUT2D eigenvalue weighted by molar-refractivity contribution is -0.118. The number of amides is 2. The molecule has 4 fully saturated rings. The van der Waals surface area contributed by atoms with E-state index in [9.17, 15) is 9.59 Å². The first kappa shape index (κ1) is 20.9. The molecule has 0 radical (unpaired) electrons. The van der Waals surface area contributed by atoms with E-state index in [0.29, 0.717) is 23.7 Å². The standard InChI is InChI=1S/C29H34N2O2/c32-28(26-22-5-1-2-6-23(22)26)30-20-13-9-18(10-14-20)17-19-11-15-21(16-12-19)31-29(33)27-24-7-3-4-8-25(24)27/h9-16,22-27H,1-8,17H2,(H,30,32)(H,31,33)/t22-,23-,24-,25+,27?/m1/s1. The second-order valence-electron chi connectivity index (χ2n) is 10.8. The van der Waals surface area contributed by atoms with Gasteiger partial charge in [0.25, 0.3) is 0 Å². The van der Waals surface area contributed by atoms with Crippen LogP contribution in [-0.2, 0) is 16.0 Å². The summed E-state index contributed by atoms with van der Waals surface area (Å²) in [5.41, 5.74) is 4.22. The Kier molecular flexibility index (Phi) is 5.48. The molecule has 0 spiro atoms. The summed E-state index contributed by atoms with van der Waals surface area (Å²) >= 11 is 0. The molecule has 0 bridgehead atoms. The van der Waals surface area contributed by atoms with Gasteiger partial charge in [-0.3, -0.25) is 9.59 Å². The zero-order chi connectivity index (χ0) is 22.4. The van der Waals surface area contributed by atoms with Gasteiger partial charge in [-0.2, -0.15) is 0 Å². The topological polar surface area (TPSA) is 58.2 Å². The minimum atomic E-state index is 0.211. The van der Waals surface area contributed by atoms with Gasteiger partial charge in [0.05, 0.1) is 0 Å². The van der Waals surface area contributed by atoms with Crippen molar-refractivity contribution in [3.63, 3.8) is 0 Å². The van der Waals surface area contributed by atoms with Crippen LogP contribution in [0.25, 0.3) is 0 Å². The van der Waals surface area contributed by atoms with E-state index in [2.05, 4.69) is 34.9 Å². The molecule has 2 aromatic carbocycles. The lowest BCUT2D eigenvalue weighted by atomic mass is 10.0. The van der Waals surface area contributed by atoms with Crippen LogP contribution in [0.3, 0.4) is 0 Å². The molecule has 5 atom stereocenters. The van der Waals surface area contributed by atoms with Gasteiger partial charge in [-0.15, -0.1) is 0 Å². The van der Waals surface area contributed by atoms with E-state index in [1.165, 1.54) is 62.5 Å². The maximum atomic E-state index is 12.6. The largest absolute Gasteiger partial charge is 0.326 e. The predicted octanol–water partition coefficient (Wildman–Crippen LogP) is 6.03. The third-order valence-electron chi connectivity index (χ3n) is 8.77. The highest BCUT2D eigenvalue weighted by atomic mass is 16.2. The van der Waals surface area contributed by atoms with Gasteiger partial charge in [-0.25, -0.2) is 0 Å². The Bertz CT molecular complexity index is 921. The van der Waals surface area contributed by atoms with Crippen molar-refractivity contribution in [2.45, 2.75) is 57.8 Å². The highest BCUT2D eigenvalue weighted by Crippen LogP contribution is 2.56. The van der Waals surface area contributed by atoms with Crippen molar-refractivity contribution in [2.75, 3.05) is 10.6 Å². The normalized spacial score (nSPS) is 31.6. The number of anilines is 2. The summed E-state index contributed by atoms with van der Waals surface area (Å²) < 4.78 is 0. The summed E-state index contributed by atoms with van der Waals surface area (Å²) in [6.07, 6.45) is 10.9. The smallest absolute Gasteiger partial charge is 0.228 e. The van der Waals surface area contributed by atoms with Gasteiger partial charge in [-0.05, 0) is 91.2 Å². The van der Waals surface area contributed by atoms with Crippen molar-refractivity contribution < 1.29 is 9.59 Å². The van der Waals surface area contributed by atoms with E-state index in [4.69, 9.17) is 0 Å². The van der Waals surface area contributed by atoms with Crippen molar-refractivity contribution in [3.05, 3.63) is 59.7 Å². The molecule has 4 nitrogen and oxygen atoms in total. The first-order valence-electron chi connectivity index (χ1n) is 13.0. The van der Waals surface area contributed by atoms with Crippen LogP contribution in [0.2, 0.25) is 0 Å². The molecule has 0 saturated heterocycles. The second kappa shape index (κ2) is 8.62. The van der Waals surface area contributed by atoms with Crippen LogP contribution in [0.4, 0.5) is 11.4 Å². The van der Waals surface area contributed by atoms with Crippen LogP contribution in [0.15, 0.2) is 48.5 Å². The van der Waals surface area contributed by atoms with E-state index in [1.807, 2.05) is 24.3 Å². The van der Waals surface area contributed by atoms with Gasteiger partial charge >= 0.3 is 0 Å². The number of fused-ring (bicyclic) bond motifs is 2. The maximum Gasteiger partial charge on any atom is 0.228 e. The first-order valence-corrected chi connectivity index (χ1v) is 13.0. The minimum absolute atomic E-state index is 0.211. The van der Waals surface area contributed by atoms with Crippen LogP contribution in [0.5, 0.6) is 0 Å². The van der Waals surface area contributed by atoms with Crippen LogP contribution >= 0.6 is 0 Å². The number of hydrogen-bond donors (Lipinski definition) is 2. The summed E-state index contributed by atoms with van der Waals surface area (Å²) in [4.78, 5) is 25.2. The Labute approximate surface area is 196 Å². The fourth-order valence-corrected chi connectivity index (χ4v) is 6.86. The fraction of sp³-hybridized carbons (Fsp3) is 0.517. The molecule has 0 aliphatic heterocycles. The van der Waals surface area contributed by atoms with E-state index in [1.54, 1.807) is 0 Å². The van der Waals surface area contributed by atoms with Gasteiger partial charge in [0, 0.05) is 23.2 Å². The van der Waals surface area contributed by atoms with Crippen molar-refractivity contribution in [1.82, 2.24) is 0 Å². The number of nitrogens with one attached hydrogen (secondary N) is 2. The zero-order valence-electron chi connectivity index (χ0n) is 19.3. The van der Waals surface area contributed by atoms with Crippen LogP contribution in [-0.4, -0.2) is 11.8 Å². The van der Waals surface area contributed by atoms with Crippen molar-refractivity contribution in [2.24, 2.45) is 35.5 Å². The molecule has 1 unspecified atom stereocenters. The summed E-state index contributed by atoms with van der Waals surface area (Å²) in [6, 6.07) is 16.5. The van der Waals surface area contributed by atoms with Gasteiger partial charge in [-0.1, -0.05) is 49.9 Å². The van der Waals surface area contributed by atoms with Crippen LogP contribution in [0, 0.1) is 35.5 Å². The van der Waals surface area contributed by atoms with E-state index in [-0.39, 0.29) is 23.7 Å². The van der Waals surface area contributed by atoms with Gasteiger partial charge in [0.2, 0.25) is 11.8 Å². The van der Waals surface area contributed by atoms with Gasteiger partial charge in [0.1, 0.15) is 0 Å². The molecule has 4 saturated carbocycles. The third kappa shape index (κ3) is 4.32. The van der Waals surface area contributed by atoms with E-state index >= 15 is 0 Å². The Hall–Kier alpha value is -2.62. The monoisotopic (exact) mass is 442 g/mol. The average Bonchev–Trinajstić information content (AvgIpc) is 3.74. The molecule has 6 rings (SSSR count). The van der Waals surface area contributed by atoms with Crippen molar-refractivity contribution in [3.8, 4) is 0 Å². The summed E-state index contributed by atoms with van der Waals surface area (Å²) in [7, 11) is 0. The number of carbonyl (C=O) groups is 2. The highest BCUT2D eigenvalue weighted by Gasteiger charge is 2.55. The summed E-state index contributed by atoms with van der Waals surface area (Å²) in [5, 5.41) is 6.26.